The zero-order valence-corrected chi connectivity index (χ0v) is 14.3. The van der Waals surface area contributed by atoms with Crippen LogP contribution in [0.1, 0.15) is 32.1 Å². The molecule has 0 spiro atoms. The van der Waals surface area contributed by atoms with Crippen molar-refractivity contribution in [3.63, 3.8) is 0 Å². The number of quaternary nitrogens is 1. The molecule has 0 bridgehead atoms. The van der Waals surface area contributed by atoms with Crippen LogP contribution in [0.15, 0.2) is 29.2 Å². The molecule has 1 amide bonds. The van der Waals surface area contributed by atoms with Crippen LogP contribution in [0.25, 0.3) is 0 Å². The molecule has 0 radical (unpaired) electrons. The van der Waals surface area contributed by atoms with Crippen molar-refractivity contribution in [2.75, 3.05) is 31.2 Å². The Bertz CT molecular complexity index is 520. The van der Waals surface area contributed by atoms with Gasteiger partial charge in [0.05, 0.1) is 18.8 Å². The van der Waals surface area contributed by atoms with E-state index < -0.39 is 0 Å². The van der Waals surface area contributed by atoms with E-state index in [0.717, 1.165) is 22.4 Å². The number of hydrogen-bond acceptors (Lipinski definition) is 2. The predicted octanol–water partition coefficient (Wildman–Crippen LogP) is 2.44. The van der Waals surface area contributed by atoms with E-state index in [4.69, 9.17) is 0 Å². The molecular formula is C18H27N2OS+. The summed E-state index contributed by atoms with van der Waals surface area (Å²) in [4.78, 5) is 15.0. The first-order valence-corrected chi connectivity index (χ1v) is 9.75. The van der Waals surface area contributed by atoms with Crippen LogP contribution in [0.5, 0.6) is 0 Å². The fourth-order valence-electron chi connectivity index (χ4n) is 4.13. The summed E-state index contributed by atoms with van der Waals surface area (Å²) in [6, 6.07) is 8.05. The molecule has 4 heteroatoms. The fraction of sp³-hybridized carbons (Fsp3) is 0.611. The standard InChI is InChI=1S/C18H26N2OS/c1-22-17-9-5-4-8-16(17)19-18(21)13-20-11-10-14-6-2-3-7-15(14)12-20/h4-5,8-9,14-15H,2-3,6-7,10-13H2,1H3,(H,19,21)/p+1/t14-,15-/m1/s1. The van der Waals surface area contributed by atoms with Crippen molar-refractivity contribution in [1.29, 1.82) is 0 Å². The molecule has 1 saturated carbocycles. The third-order valence-electron chi connectivity index (χ3n) is 5.28. The molecule has 2 N–H and O–H groups in total. The quantitative estimate of drug-likeness (QED) is 0.836. The van der Waals surface area contributed by atoms with E-state index in [1.54, 1.807) is 11.8 Å². The Kier molecular flexibility index (Phi) is 5.42. The Morgan fingerprint density at radius 2 is 2.00 bits per heavy atom. The minimum Gasteiger partial charge on any atom is -0.327 e. The van der Waals surface area contributed by atoms with E-state index in [-0.39, 0.29) is 5.91 Å². The molecule has 1 aromatic rings. The molecule has 1 aliphatic heterocycles. The zero-order chi connectivity index (χ0) is 15.4. The van der Waals surface area contributed by atoms with E-state index in [1.165, 1.54) is 50.1 Å². The van der Waals surface area contributed by atoms with Crippen LogP contribution in [0.3, 0.4) is 0 Å². The van der Waals surface area contributed by atoms with Crippen LogP contribution in [0.4, 0.5) is 5.69 Å². The number of hydrogen-bond donors (Lipinski definition) is 2. The predicted molar refractivity (Wildman–Crippen MR) is 92.5 cm³/mol. The summed E-state index contributed by atoms with van der Waals surface area (Å²) in [6.07, 6.45) is 8.97. The van der Waals surface area contributed by atoms with Crippen molar-refractivity contribution in [3.8, 4) is 0 Å². The first-order chi connectivity index (χ1) is 10.8. The number of rotatable bonds is 4. The molecule has 1 aromatic carbocycles. The maximum Gasteiger partial charge on any atom is 0.279 e. The Labute approximate surface area is 137 Å². The van der Waals surface area contributed by atoms with Gasteiger partial charge in [-0.25, -0.2) is 0 Å². The second kappa shape index (κ2) is 7.51. The van der Waals surface area contributed by atoms with E-state index in [0.29, 0.717) is 6.54 Å². The average Bonchev–Trinajstić information content (AvgIpc) is 2.55. The highest BCUT2D eigenvalue weighted by molar-refractivity contribution is 7.98. The molecule has 1 unspecified atom stereocenters. The lowest BCUT2D eigenvalue weighted by Crippen LogP contribution is -3.15. The molecule has 3 rings (SSSR count). The van der Waals surface area contributed by atoms with E-state index in [1.807, 2.05) is 24.5 Å². The molecular weight excluding hydrogens is 292 g/mol. The second-order valence-corrected chi connectivity index (χ2v) is 7.57. The number of piperidine rings is 1. The van der Waals surface area contributed by atoms with Gasteiger partial charge in [-0.05, 0) is 43.6 Å². The summed E-state index contributed by atoms with van der Waals surface area (Å²) >= 11 is 1.68. The molecule has 1 heterocycles. The van der Waals surface area contributed by atoms with Crippen molar-refractivity contribution < 1.29 is 9.69 Å². The van der Waals surface area contributed by atoms with Crippen molar-refractivity contribution in [2.45, 2.75) is 37.0 Å². The molecule has 1 saturated heterocycles. The van der Waals surface area contributed by atoms with Crippen LogP contribution in [-0.2, 0) is 4.79 Å². The van der Waals surface area contributed by atoms with Gasteiger partial charge in [0.25, 0.3) is 5.91 Å². The molecule has 22 heavy (non-hydrogen) atoms. The summed E-state index contributed by atoms with van der Waals surface area (Å²) in [7, 11) is 0. The van der Waals surface area contributed by atoms with Crippen LogP contribution >= 0.6 is 11.8 Å². The Morgan fingerprint density at radius 1 is 1.23 bits per heavy atom. The van der Waals surface area contributed by atoms with E-state index >= 15 is 0 Å². The maximum atomic E-state index is 12.4. The van der Waals surface area contributed by atoms with Crippen LogP contribution in [0.2, 0.25) is 0 Å². The fourth-order valence-corrected chi connectivity index (χ4v) is 4.68. The van der Waals surface area contributed by atoms with Gasteiger partial charge in [-0.1, -0.05) is 25.0 Å². The summed E-state index contributed by atoms with van der Waals surface area (Å²) in [5.41, 5.74) is 0.951. The van der Waals surface area contributed by atoms with Gasteiger partial charge in [0.2, 0.25) is 0 Å². The highest BCUT2D eigenvalue weighted by Crippen LogP contribution is 2.32. The van der Waals surface area contributed by atoms with Gasteiger partial charge < -0.3 is 10.2 Å². The number of thioether (sulfide) groups is 1. The first kappa shape index (κ1) is 15.9. The van der Waals surface area contributed by atoms with Gasteiger partial charge >= 0.3 is 0 Å². The van der Waals surface area contributed by atoms with Crippen LogP contribution in [0, 0.1) is 11.8 Å². The Balaban J connectivity index is 1.53. The van der Waals surface area contributed by atoms with Gasteiger partial charge in [-0.15, -0.1) is 11.8 Å². The number of carbonyl (C=O) groups excluding carboxylic acids is 1. The van der Waals surface area contributed by atoms with E-state index in [2.05, 4.69) is 11.4 Å². The third kappa shape index (κ3) is 3.85. The maximum absolute atomic E-state index is 12.4. The highest BCUT2D eigenvalue weighted by Gasteiger charge is 2.34. The van der Waals surface area contributed by atoms with Crippen molar-refractivity contribution in [2.24, 2.45) is 11.8 Å². The van der Waals surface area contributed by atoms with Gasteiger partial charge in [0.15, 0.2) is 6.54 Å². The molecule has 120 valence electrons. The SMILES string of the molecule is CSc1ccccc1NC(=O)C[NH+]1CC[C@H]2CCCC[C@@H]2C1. The number of fused-ring (bicyclic) bond motifs is 1. The van der Waals surface area contributed by atoms with Crippen molar-refractivity contribution in [1.82, 2.24) is 0 Å². The van der Waals surface area contributed by atoms with Crippen molar-refractivity contribution in [3.05, 3.63) is 24.3 Å². The van der Waals surface area contributed by atoms with Gasteiger partial charge in [0.1, 0.15) is 0 Å². The molecule has 3 atom stereocenters. The number of para-hydroxylation sites is 1. The lowest BCUT2D eigenvalue weighted by molar-refractivity contribution is -0.902. The summed E-state index contributed by atoms with van der Waals surface area (Å²) < 4.78 is 0. The molecule has 0 aromatic heterocycles. The molecule has 1 aliphatic carbocycles. The summed E-state index contributed by atoms with van der Waals surface area (Å²) in [6.45, 7) is 2.98. The largest absolute Gasteiger partial charge is 0.327 e. The summed E-state index contributed by atoms with van der Waals surface area (Å²) in [5.74, 6) is 1.97. The molecule has 3 nitrogen and oxygen atoms in total. The number of anilines is 1. The number of amides is 1. The molecule has 2 fully saturated rings. The second-order valence-electron chi connectivity index (χ2n) is 6.72. The highest BCUT2D eigenvalue weighted by atomic mass is 32.2. The topological polar surface area (TPSA) is 33.5 Å². The van der Waals surface area contributed by atoms with Crippen molar-refractivity contribution >= 4 is 23.4 Å². The minimum absolute atomic E-state index is 0.158. The van der Waals surface area contributed by atoms with E-state index in [9.17, 15) is 4.79 Å². The van der Waals surface area contributed by atoms with Crippen LogP contribution in [-0.4, -0.2) is 31.8 Å². The lowest BCUT2D eigenvalue weighted by Gasteiger charge is -2.38. The van der Waals surface area contributed by atoms with Gasteiger partial charge in [-0.3, -0.25) is 4.79 Å². The van der Waals surface area contributed by atoms with Gasteiger partial charge in [-0.2, -0.15) is 0 Å². The number of carbonyl (C=O) groups is 1. The van der Waals surface area contributed by atoms with Crippen LogP contribution < -0.4 is 10.2 Å². The molecule has 2 aliphatic rings. The summed E-state index contributed by atoms with van der Waals surface area (Å²) in [5, 5.41) is 3.10. The number of nitrogens with one attached hydrogen (secondary N) is 2. The number of likely N-dealkylation sites (tertiary alicyclic amines) is 1. The third-order valence-corrected chi connectivity index (χ3v) is 6.07. The average molecular weight is 319 g/mol. The monoisotopic (exact) mass is 319 g/mol. The zero-order valence-electron chi connectivity index (χ0n) is 13.4. The Morgan fingerprint density at radius 3 is 2.82 bits per heavy atom. The lowest BCUT2D eigenvalue weighted by atomic mass is 9.75. The number of benzene rings is 1. The Hall–Kier alpha value is -1.00. The minimum atomic E-state index is 0.158. The van der Waals surface area contributed by atoms with Gasteiger partial charge in [0, 0.05) is 10.8 Å². The first-order valence-electron chi connectivity index (χ1n) is 8.52. The smallest absolute Gasteiger partial charge is 0.279 e. The normalized spacial score (nSPS) is 28.0.